The fourth-order valence-electron chi connectivity index (χ4n) is 3.12. The normalized spacial score (nSPS) is 15.4. The minimum atomic E-state index is 0.239. The van der Waals surface area contributed by atoms with Crippen LogP contribution in [0.25, 0.3) is 0 Å². The molecule has 2 aromatic rings. The fourth-order valence-corrected chi connectivity index (χ4v) is 3.25. The number of anilines is 2. The molecule has 7 heteroatoms. The Morgan fingerprint density at radius 1 is 1.29 bits per heavy atom. The summed E-state index contributed by atoms with van der Waals surface area (Å²) in [6.07, 6.45) is 5.72. The van der Waals surface area contributed by atoms with Gasteiger partial charge in [0.2, 0.25) is 5.28 Å². The van der Waals surface area contributed by atoms with Gasteiger partial charge in [-0.05, 0) is 42.5 Å². The lowest BCUT2D eigenvalue weighted by atomic mass is 9.96. The Kier molecular flexibility index (Phi) is 5.35. The van der Waals surface area contributed by atoms with Gasteiger partial charge in [0.15, 0.2) is 11.6 Å². The van der Waals surface area contributed by atoms with Gasteiger partial charge in [0.1, 0.15) is 5.82 Å². The van der Waals surface area contributed by atoms with Crippen molar-refractivity contribution in [1.29, 1.82) is 0 Å². The molecular weight excluding hydrogens is 326 g/mol. The Morgan fingerprint density at radius 3 is 2.75 bits per heavy atom. The van der Waals surface area contributed by atoms with Gasteiger partial charge >= 0.3 is 0 Å². The van der Waals surface area contributed by atoms with Gasteiger partial charge in [0.05, 0.1) is 13.3 Å². The van der Waals surface area contributed by atoms with Crippen molar-refractivity contribution < 1.29 is 4.74 Å². The zero-order valence-electron chi connectivity index (χ0n) is 14.0. The first-order valence-corrected chi connectivity index (χ1v) is 8.49. The number of hydrogen-bond acceptors (Lipinski definition) is 6. The maximum absolute atomic E-state index is 5.93. The quantitative estimate of drug-likeness (QED) is 0.775. The lowest BCUT2D eigenvalue weighted by Crippen LogP contribution is -2.38. The van der Waals surface area contributed by atoms with Crippen LogP contribution in [0.2, 0.25) is 5.28 Å². The molecule has 1 fully saturated rings. The van der Waals surface area contributed by atoms with Crippen molar-refractivity contribution in [2.24, 2.45) is 5.92 Å². The highest BCUT2D eigenvalue weighted by atomic mass is 35.5. The highest BCUT2D eigenvalue weighted by molar-refractivity contribution is 6.28. The zero-order valence-corrected chi connectivity index (χ0v) is 14.8. The second-order valence-corrected chi connectivity index (χ2v) is 6.37. The van der Waals surface area contributed by atoms with E-state index in [0.29, 0.717) is 11.7 Å². The van der Waals surface area contributed by atoms with Gasteiger partial charge in [-0.2, -0.15) is 4.98 Å². The number of methoxy groups -OCH3 is 1. The monoisotopic (exact) mass is 347 g/mol. The number of nitrogens with zero attached hydrogens (tertiary/aromatic N) is 5. The Balaban J connectivity index is 1.59. The highest BCUT2D eigenvalue weighted by Gasteiger charge is 2.22. The second-order valence-electron chi connectivity index (χ2n) is 6.03. The van der Waals surface area contributed by atoms with Crippen molar-refractivity contribution in [3.63, 3.8) is 0 Å². The van der Waals surface area contributed by atoms with E-state index in [-0.39, 0.29) is 5.28 Å². The largest absolute Gasteiger partial charge is 0.491 e. The third kappa shape index (κ3) is 3.87. The van der Waals surface area contributed by atoms with E-state index in [1.165, 1.54) is 0 Å². The molecule has 6 nitrogen and oxygen atoms in total. The summed E-state index contributed by atoms with van der Waals surface area (Å²) in [6, 6.07) is 6.05. The van der Waals surface area contributed by atoms with Gasteiger partial charge in [-0.25, -0.2) is 9.97 Å². The van der Waals surface area contributed by atoms with E-state index in [2.05, 4.69) is 30.8 Å². The van der Waals surface area contributed by atoms with Crippen LogP contribution in [0.3, 0.4) is 0 Å². The number of rotatable bonds is 5. The molecule has 0 unspecified atom stereocenters. The minimum absolute atomic E-state index is 0.239. The smallest absolute Gasteiger partial charge is 0.224 e. The van der Waals surface area contributed by atoms with Gasteiger partial charge < -0.3 is 14.5 Å². The van der Waals surface area contributed by atoms with Gasteiger partial charge in [-0.15, -0.1) is 0 Å². The van der Waals surface area contributed by atoms with E-state index < -0.39 is 0 Å². The van der Waals surface area contributed by atoms with Crippen LogP contribution in [0.5, 0.6) is 5.75 Å². The molecule has 3 heterocycles. The average Bonchev–Trinajstić information content (AvgIpc) is 2.63. The molecular formula is C17H22ClN5O. The van der Waals surface area contributed by atoms with Gasteiger partial charge in [-0.1, -0.05) is 6.07 Å². The zero-order chi connectivity index (χ0) is 16.9. The van der Waals surface area contributed by atoms with E-state index in [9.17, 15) is 0 Å². The van der Waals surface area contributed by atoms with Crippen molar-refractivity contribution >= 4 is 23.2 Å². The summed E-state index contributed by atoms with van der Waals surface area (Å²) in [5, 5.41) is 0.239. The molecule has 0 aromatic carbocycles. The fraction of sp³-hybridized carbons (Fsp3) is 0.471. The van der Waals surface area contributed by atoms with Crippen LogP contribution in [0.4, 0.5) is 11.6 Å². The average molecular weight is 348 g/mol. The maximum atomic E-state index is 5.93. The van der Waals surface area contributed by atoms with Crippen molar-refractivity contribution in [3.05, 3.63) is 35.9 Å². The van der Waals surface area contributed by atoms with E-state index in [1.807, 2.05) is 25.4 Å². The molecule has 0 amide bonds. The molecule has 0 spiro atoms. The first-order chi connectivity index (χ1) is 11.7. The molecule has 0 radical (unpaired) electrons. The maximum Gasteiger partial charge on any atom is 0.224 e. The second kappa shape index (κ2) is 7.66. The summed E-state index contributed by atoms with van der Waals surface area (Å²) >= 11 is 5.93. The number of aromatic nitrogens is 3. The summed E-state index contributed by atoms with van der Waals surface area (Å²) in [6.45, 7) is 2.97. The predicted octanol–water partition coefficient (Wildman–Crippen LogP) is 2.89. The summed E-state index contributed by atoms with van der Waals surface area (Å²) in [7, 11) is 3.64. The molecule has 1 aliphatic heterocycles. The summed E-state index contributed by atoms with van der Waals surface area (Å²) < 4.78 is 5.34. The van der Waals surface area contributed by atoms with Crippen LogP contribution in [0, 0.1) is 5.92 Å². The molecule has 0 N–H and O–H groups in total. The van der Waals surface area contributed by atoms with Crippen LogP contribution in [-0.4, -0.2) is 48.7 Å². The van der Waals surface area contributed by atoms with Gasteiger partial charge in [0.25, 0.3) is 0 Å². The molecule has 1 saturated heterocycles. The number of pyridine rings is 1. The molecule has 0 bridgehead atoms. The van der Waals surface area contributed by atoms with Crippen molar-refractivity contribution in [1.82, 2.24) is 15.0 Å². The number of hydrogen-bond donors (Lipinski definition) is 0. The Labute approximate surface area is 147 Å². The number of piperidine rings is 1. The van der Waals surface area contributed by atoms with Crippen molar-refractivity contribution in [2.75, 3.05) is 43.6 Å². The topological polar surface area (TPSA) is 54.4 Å². The highest BCUT2D eigenvalue weighted by Crippen LogP contribution is 2.28. The lowest BCUT2D eigenvalue weighted by Gasteiger charge is -2.35. The van der Waals surface area contributed by atoms with Crippen LogP contribution >= 0.6 is 11.6 Å². The third-order valence-corrected chi connectivity index (χ3v) is 4.59. The molecule has 3 rings (SSSR count). The first-order valence-electron chi connectivity index (χ1n) is 8.11. The molecule has 1 aliphatic rings. The molecule has 2 aromatic heterocycles. The molecule has 0 aliphatic carbocycles. The van der Waals surface area contributed by atoms with Crippen LogP contribution < -0.4 is 14.5 Å². The van der Waals surface area contributed by atoms with E-state index in [1.54, 1.807) is 13.3 Å². The van der Waals surface area contributed by atoms with E-state index in [4.69, 9.17) is 16.3 Å². The van der Waals surface area contributed by atoms with Crippen molar-refractivity contribution in [3.8, 4) is 5.75 Å². The molecule has 128 valence electrons. The van der Waals surface area contributed by atoms with E-state index in [0.717, 1.165) is 44.1 Å². The Hall–Kier alpha value is -2.08. The van der Waals surface area contributed by atoms with Crippen LogP contribution in [-0.2, 0) is 0 Å². The Morgan fingerprint density at radius 2 is 2.08 bits per heavy atom. The van der Waals surface area contributed by atoms with Gasteiger partial charge in [0, 0.05) is 32.9 Å². The lowest BCUT2D eigenvalue weighted by molar-refractivity contribution is 0.395. The predicted molar refractivity (Wildman–Crippen MR) is 96.0 cm³/mol. The number of ether oxygens (including phenoxy) is 1. The summed E-state index contributed by atoms with van der Waals surface area (Å²) in [5.74, 6) is 3.06. The molecule has 0 atom stereocenters. The summed E-state index contributed by atoms with van der Waals surface area (Å²) in [4.78, 5) is 17.2. The SMILES string of the molecule is COc1cnc(Cl)nc1N(C)CC1CCN(c2ccccn2)CC1. The first kappa shape index (κ1) is 16.8. The third-order valence-electron chi connectivity index (χ3n) is 4.41. The summed E-state index contributed by atoms with van der Waals surface area (Å²) in [5.41, 5.74) is 0. The standard InChI is InChI=1S/C17H22ClN5O/c1-22(16-14(24-2)11-20-17(18)21-16)12-13-6-9-23(10-7-13)15-5-3-4-8-19-15/h3-5,8,11,13H,6-7,9-10,12H2,1-2H3. The van der Waals surface area contributed by atoms with Gasteiger partial charge in [-0.3, -0.25) is 0 Å². The Bertz CT molecular complexity index is 661. The molecule has 0 saturated carbocycles. The minimum Gasteiger partial charge on any atom is -0.491 e. The van der Waals surface area contributed by atoms with Crippen LogP contribution in [0.15, 0.2) is 30.6 Å². The number of halogens is 1. The van der Waals surface area contributed by atoms with E-state index >= 15 is 0 Å². The van der Waals surface area contributed by atoms with Crippen LogP contribution in [0.1, 0.15) is 12.8 Å². The van der Waals surface area contributed by atoms with Crippen molar-refractivity contribution in [2.45, 2.75) is 12.8 Å². The molecule has 24 heavy (non-hydrogen) atoms.